The molecule has 0 radical (unpaired) electrons. The number of aromatic nitrogens is 2. The van der Waals surface area contributed by atoms with E-state index in [2.05, 4.69) is 68.8 Å². The van der Waals surface area contributed by atoms with E-state index < -0.39 is 0 Å². The second-order valence-electron chi connectivity index (χ2n) is 7.61. The topological polar surface area (TPSA) is 32.3 Å². The Balaban J connectivity index is 1.60. The molecule has 4 rings (SSSR count). The highest BCUT2D eigenvalue weighted by atomic mass is 35.5. The van der Waals surface area contributed by atoms with Gasteiger partial charge in [-0.3, -0.25) is 9.97 Å². The fraction of sp³-hybridized carbons (Fsp3) is 0.231. The Hall–Kier alpha value is -3.11. The zero-order valence-corrected chi connectivity index (χ0v) is 18.5. The molecular formula is C26H27ClN4. The molecular weight excluding hydrogens is 404 g/mol. The maximum Gasteiger partial charge on any atom is 0.0737 e. The molecule has 0 atom stereocenters. The van der Waals surface area contributed by atoms with Crippen molar-refractivity contribution in [3.05, 3.63) is 96.6 Å². The first kappa shape index (κ1) is 21.1. The summed E-state index contributed by atoms with van der Waals surface area (Å²) in [4.78, 5) is 13.6. The van der Waals surface area contributed by atoms with Crippen LogP contribution in [0, 0.1) is 0 Å². The van der Waals surface area contributed by atoms with Crippen molar-refractivity contribution in [1.29, 1.82) is 0 Å². The molecule has 1 fully saturated rings. The van der Waals surface area contributed by atoms with E-state index >= 15 is 0 Å². The molecule has 1 saturated heterocycles. The normalized spacial score (nSPS) is 15.5. The van der Waals surface area contributed by atoms with Gasteiger partial charge in [0.2, 0.25) is 0 Å². The van der Waals surface area contributed by atoms with Crippen LogP contribution in [0.2, 0.25) is 5.02 Å². The summed E-state index contributed by atoms with van der Waals surface area (Å²) >= 11 is 6.17. The van der Waals surface area contributed by atoms with Gasteiger partial charge in [0.05, 0.1) is 5.52 Å². The summed E-state index contributed by atoms with van der Waals surface area (Å²) in [6.07, 6.45) is 15.8. The van der Waals surface area contributed by atoms with Crippen LogP contribution in [0.5, 0.6) is 0 Å². The predicted molar refractivity (Wildman–Crippen MR) is 132 cm³/mol. The van der Waals surface area contributed by atoms with E-state index in [0.29, 0.717) is 6.04 Å². The highest BCUT2D eigenvalue weighted by Crippen LogP contribution is 2.33. The molecule has 2 aromatic heterocycles. The molecule has 1 aliphatic heterocycles. The Kier molecular flexibility index (Phi) is 6.68. The molecule has 0 aliphatic carbocycles. The average Bonchev–Trinajstić information content (AvgIpc) is 2.80. The Morgan fingerprint density at radius 1 is 1.13 bits per heavy atom. The lowest BCUT2D eigenvalue weighted by Gasteiger charge is -2.41. The number of pyridine rings is 2. The molecule has 3 heterocycles. The minimum absolute atomic E-state index is 0.392. The van der Waals surface area contributed by atoms with E-state index in [1.54, 1.807) is 0 Å². The zero-order chi connectivity index (χ0) is 21.6. The van der Waals surface area contributed by atoms with Crippen molar-refractivity contribution in [2.24, 2.45) is 0 Å². The summed E-state index contributed by atoms with van der Waals surface area (Å²) < 4.78 is 0. The summed E-state index contributed by atoms with van der Waals surface area (Å²) in [5.41, 5.74) is 4.47. The molecule has 31 heavy (non-hydrogen) atoms. The smallest absolute Gasteiger partial charge is 0.0737 e. The third kappa shape index (κ3) is 4.64. The van der Waals surface area contributed by atoms with Gasteiger partial charge in [0, 0.05) is 65.2 Å². The maximum atomic E-state index is 6.17. The van der Waals surface area contributed by atoms with Gasteiger partial charge in [0.25, 0.3) is 0 Å². The summed E-state index contributed by atoms with van der Waals surface area (Å²) in [6, 6.07) is 12.6. The third-order valence-corrected chi connectivity index (χ3v) is 5.93. The van der Waals surface area contributed by atoms with Crippen LogP contribution in [0.25, 0.3) is 10.9 Å². The molecule has 0 bridgehead atoms. The molecule has 3 aromatic rings. The summed E-state index contributed by atoms with van der Waals surface area (Å²) in [6.45, 7) is 7.92. The van der Waals surface area contributed by atoms with Crippen LogP contribution in [0.15, 0.2) is 91.6 Å². The molecule has 1 aromatic carbocycles. The van der Waals surface area contributed by atoms with E-state index in [4.69, 9.17) is 11.6 Å². The van der Waals surface area contributed by atoms with Crippen LogP contribution >= 0.6 is 11.6 Å². The SMILES string of the molecule is C=C/C=C(\C=C/C)N(c1ccncc1)C1CCN(c2ccnc3cc(Cl)ccc23)CC1. The van der Waals surface area contributed by atoms with Crippen molar-refractivity contribution in [3.63, 3.8) is 0 Å². The second kappa shape index (κ2) is 9.80. The number of hydrogen-bond donors (Lipinski definition) is 0. The number of piperidine rings is 1. The van der Waals surface area contributed by atoms with Crippen molar-refractivity contribution < 1.29 is 0 Å². The van der Waals surface area contributed by atoms with Gasteiger partial charge in [-0.15, -0.1) is 0 Å². The summed E-state index contributed by atoms with van der Waals surface area (Å²) in [5, 5.41) is 1.87. The number of hydrogen-bond acceptors (Lipinski definition) is 4. The number of nitrogens with zero attached hydrogens (tertiary/aromatic N) is 4. The lowest BCUT2D eigenvalue weighted by molar-refractivity contribution is 0.487. The van der Waals surface area contributed by atoms with E-state index in [1.165, 1.54) is 5.69 Å². The molecule has 0 N–H and O–H groups in total. The van der Waals surface area contributed by atoms with E-state index in [-0.39, 0.29) is 0 Å². The van der Waals surface area contributed by atoms with Crippen molar-refractivity contribution in [2.75, 3.05) is 22.9 Å². The van der Waals surface area contributed by atoms with Gasteiger partial charge in [-0.05, 0) is 68.3 Å². The molecule has 0 saturated carbocycles. The van der Waals surface area contributed by atoms with Gasteiger partial charge in [-0.2, -0.15) is 0 Å². The summed E-state index contributed by atoms with van der Waals surface area (Å²) in [7, 11) is 0. The number of rotatable bonds is 6. The Labute approximate surface area is 189 Å². The molecule has 0 amide bonds. The Morgan fingerprint density at radius 3 is 2.61 bits per heavy atom. The number of benzene rings is 1. The van der Waals surface area contributed by atoms with Gasteiger partial charge in [0.1, 0.15) is 0 Å². The molecule has 1 aliphatic rings. The Bertz CT molecular complexity index is 1100. The minimum Gasteiger partial charge on any atom is -0.371 e. The van der Waals surface area contributed by atoms with Crippen LogP contribution in [0.4, 0.5) is 11.4 Å². The first-order valence-corrected chi connectivity index (χ1v) is 11.0. The van der Waals surface area contributed by atoms with Crippen LogP contribution in [-0.4, -0.2) is 29.1 Å². The average molecular weight is 431 g/mol. The highest BCUT2D eigenvalue weighted by Gasteiger charge is 2.27. The van der Waals surface area contributed by atoms with Crippen LogP contribution < -0.4 is 9.80 Å². The van der Waals surface area contributed by atoms with Crippen molar-refractivity contribution in [3.8, 4) is 0 Å². The van der Waals surface area contributed by atoms with Crippen LogP contribution in [-0.2, 0) is 0 Å². The molecule has 0 unspecified atom stereocenters. The van der Waals surface area contributed by atoms with Crippen molar-refractivity contribution in [1.82, 2.24) is 9.97 Å². The van der Waals surface area contributed by atoms with Gasteiger partial charge in [-0.25, -0.2) is 0 Å². The first-order valence-electron chi connectivity index (χ1n) is 10.6. The Morgan fingerprint density at radius 2 is 1.90 bits per heavy atom. The fourth-order valence-electron chi connectivity index (χ4n) is 4.33. The predicted octanol–water partition coefficient (Wildman–Crippen LogP) is 6.40. The summed E-state index contributed by atoms with van der Waals surface area (Å²) in [5.74, 6) is 0. The van der Waals surface area contributed by atoms with Gasteiger partial charge < -0.3 is 9.80 Å². The molecule has 0 spiro atoms. The quantitative estimate of drug-likeness (QED) is 0.423. The first-order chi connectivity index (χ1) is 15.2. The zero-order valence-electron chi connectivity index (χ0n) is 17.8. The van der Waals surface area contributed by atoms with E-state index in [9.17, 15) is 0 Å². The second-order valence-corrected chi connectivity index (χ2v) is 8.05. The van der Waals surface area contributed by atoms with Crippen LogP contribution in [0.3, 0.4) is 0 Å². The molecule has 158 valence electrons. The number of anilines is 2. The van der Waals surface area contributed by atoms with Gasteiger partial charge in [-0.1, -0.05) is 30.3 Å². The lowest BCUT2D eigenvalue weighted by atomic mass is 10.00. The standard InChI is InChI=1S/C26H27ClN4/c1-3-5-21(6-4-2)31(22-9-14-28-15-10-22)23-12-17-30(18-13-23)26-11-16-29-25-19-20(27)7-8-24(25)26/h3-11,14-16,19,23H,1,12-13,17-18H2,2H3/b6-4-,21-5+. The van der Waals surface area contributed by atoms with Crippen molar-refractivity contribution >= 4 is 33.9 Å². The number of allylic oxidation sites excluding steroid dienone is 4. The van der Waals surface area contributed by atoms with Gasteiger partial charge >= 0.3 is 0 Å². The van der Waals surface area contributed by atoms with Crippen molar-refractivity contribution in [2.45, 2.75) is 25.8 Å². The minimum atomic E-state index is 0.392. The van der Waals surface area contributed by atoms with E-state index in [0.717, 1.165) is 53.2 Å². The maximum absolute atomic E-state index is 6.17. The lowest BCUT2D eigenvalue weighted by Crippen LogP contribution is -2.44. The third-order valence-electron chi connectivity index (χ3n) is 5.70. The molecule has 4 nitrogen and oxygen atoms in total. The van der Waals surface area contributed by atoms with Gasteiger partial charge in [0.15, 0.2) is 0 Å². The monoisotopic (exact) mass is 430 g/mol. The highest BCUT2D eigenvalue weighted by molar-refractivity contribution is 6.31. The molecule has 5 heteroatoms. The largest absolute Gasteiger partial charge is 0.371 e. The number of halogens is 1. The fourth-order valence-corrected chi connectivity index (χ4v) is 4.50. The van der Waals surface area contributed by atoms with Crippen LogP contribution in [0.1, 0.15) is 19.8 Å². The number of fused-ring (bicyclic) bond motifs is 1. The van der Waals surface area contributed by atoms with E-state index in [1.807, 2.05) is 43.7 Å².